The molecule has 4 heterocycles. The van der Waals surface area contributed by atoms with Gasteiger partial charge in [0.2, 0.25) is 5.91 Å². The maximum Gasteiger partial charge on any atom is 0.231 e. The molecule has 1 fully saturated rings. The third-order valence-corrected chi connectivity index (χ3v) is 5.85. The van der Waals surface area contributed by atoms with Crippen LogP contribution in [0, 0.1) is 12.8 Å². The van der Waals surface area contributed by atoms with Crippen molar-refractivity contribution in [3.63, 3.8) is 0 Å². The van der Waals surface area contributed by atoms with Crippen LogP contribution in [0.15, 0.2) is 36.9 Å². The van der Waals surface area contributed by atoms with Crippen LogP contribution in [0.3, 0.4) is 0 Å². The van der Waals surface area contributed by atoms with Gasteiger partial charge in [0.1, 0.15) is 18.3 Å². The number of aliphatic hydroxyl groups is 1. The predicted octanol–water partition coefficient (Wildman–Crippen LogP) is 3.78. The molecule has 0 aromatic carbocycles. The molecule has 4 aromatic heterocycles. The van der Waals surface area contributed by atoms with Crippen molar-refractivity contribution in [3.05, 3.63) is 48.2 Å². The number of hydrogen-bond acceptors (Lipinski definition) is 6. The molecule has 0 radical (unpaired) electrons. The number of pyridine rings is 3. The molecule has 0 aliphatic heterocycles. The van der Waals surface area contributed by atoms with E-state index in [1.165, 1.54) is 6.33 Å². The molecule has 1 unspecified atom stereocenters. The van der Waals surface area contributed by atoms with Crippen LogP contribution < -0.4 is 5.32 Å². The highest BCUT2D eigenvalue weighted by molar-refractivity contribution is 5.97. The molecule has 0 spiro atoms. The van der Waals surface area contributed by atoms with Crippen LogP contribution in [-0.4, -0.2) is 41.8 Å². The lowest BCUT2D eigenvalue weighted by Gasteiger charge is -2.14. The number of aryl methyl sites for hydroxylation is 1. The molecule has 1 amide bonds. The van der Waals surface area contributed by atoms with E-state index in [4.69, 9.17) is 0 Å². The minimum atomic E-state index is -1.06. The Hall–Kier alpha value is -3.46. The first-order valence-corrected chi connectivity index (χ1v) is 10.7. The second-order valence-corrected chi connectivity index (χ2v) is 8.26. The maximum absolute atomic E-state index is 13.2. The van der Waals surface area contributed by atoms with E-state index < -0.39 is 18.2 Å². The summed E-state index contributed by atoms with van der Waals surface area (Å²) in [5.74, 6) is -0.600. The van der Waals surface area contributed by atoms with Crippen molar-refractivity contribution in [2.45, 2.75) is 45.4 Å². The fraction of sp³-hybridized carbons (Fsp3) is 0.348. The molecule has 1 aliphatic rings. The number of aromatic nitrogens is 5. The molecule has 8 nitrogen and oxygen atoms in total. The molecule has 9 heteroatoms. The van der Waals surface area contributed by atoms with E-state index in [-0.39, 0.29) is 12.3 Å². The van der Waals surface area contributed by atoms with E-state index in [0.717, 1.165) is 34.0 Å². The highest BCUT2D eigenvalue weighted by atomic mass is 19.1. The molecule has 0 bridgehead atoms. The summed E-state index contributed by atoms with van der Waals surface area (Å²) < 4.78 is 14.9. The lowest BCUT2D eigenvalue weighted by Crippen LogP contribution is -2.16. The van der Waals surface area contributed by atoms with Crippen LogP contribution >= 0.6 is 0 Å². The molecule has 4 aromatic rings. The van der Waals surface area contributed by atoms with Gasteiger partial charge in [-0.1, -0.05) is 13.3 Å². The Morgan fingerprint density at radius 3 is 2.78 bits per heavy atom. The molecular formula is C23H23FN6O2. The van der Waals surface area contributed by atoms with Crippen molar-refractivity contribution in [1.82, 2.24) is 24.6 Å². The smallest absolute Gasteiger partial charge is 0.231 e. The van der Waals surface area contributed by atoms with Crippen LogP contribution in [0.4, 0.5) is 10.2 Å². The second-order valence-electron chi connectivity index (χ2n) is 8.26. The van der Waals surface area contributed by atoms with Gasteiger partial charge in [0.15, 0.2) is 5.65 Å². The van der Waals surface area contributed by atoms with Gasteiger partial charge in [-0.05, 0) is 37.5 Å². The average molecular weight is 434 g/mol. The lowest BCUT2D eigenvalue weighted by atomic mass is 10.00. The summed E-state index contributed by atoms with van der Waals surface area (Å²) in [6.45, 7) is 4.00. The normalized spacial score (nSPS) is 18.8. The Balaban J connectivity index is 1.55. The number of carbonyl (C=O) groups excluding carboxylic acids is 1. The SMILES string of the molecule is CCCC(O)c1cc(C)c(-c2cc3cnc(NC(=O)[C@H]4C[C@H]4F)cc3n3ncnc23)cn1. The number of alkyl halides is 1. The number of anilines is 1. The largest absolute Gasteiger partial charge is 0.387 e. The molecule has 3 atom stereocenters. The molecule has 32 heavy (non-hydrogen) atoms. The predicted molar refractivity (Wildman–Crippen MR) is 118 cm³/mol. The van der Waals surface area contributed by atoms with Crippen LogP contribution in [0.25, 0.3) is 27.7 Å². The zero-order valence-corrected chi connectivity index (χ0v) is 17.8. The number of fused-ring (bicyclic) bond motifs is 3. The van der Waals surface area contributed by atoms with Gasteiger partial charge in [0.25, 0.3) is 0 Å². The van der Waals surface area contributed by atoms with Crippen molar-refractivity contribution >= 4 is 28.3 Å². The molecular weight excluding hydrogens is 411 g/mol. The van der Waals surface area contributed by atoms with Gasteiger partial charge in [-0.3, -0.25) is 9.78 Å². The Kier molecular flexibility index (Phi) is 5.05. The Morgan fingerprint density at radius 1 is 1.25 bits per heavy atom. The number of rotatable bonds is 6. The Morgan fingerprint density at radius 2 is 2.06 bits per heavy atom. The average Bonchev–Trinajstić information content (AvgIpc) is 3.30. The van der Waals surface area contributed by atoms with Gasteiger partial charge in [-0.25, -0.2) is 18.9 Å². The fourth-order valence-corrected chi connectivity index (χ4v) is 3.96. The molecule has 164 valence electrons. The minimum absolute atomic E-state index is 0.262. The van der Waals surface area contributed by atoms with Gasteiger partial charge in [0.05, 0.1) is 23.2 Å². The zero-order chi connectivity index (χ0) is 22.4. The molecule has 5 rings (SSSR count). The van der Waals surface area contributed by atoms with Gasteiger partial charge in [-0.15, -0.1) is 0 Å². The van der Waals surface area contributed by atoms with E-state index >= 15 is 0 Å². The number of carbonyl (C=O) groups is 1. The number of halogens is 1. The van der Waals surface area contributed by atoms with E-state index in [1.807, 2.05) is 26.0 Å². The first-order chi connectivity index (χ1) is 15.5. The Labute approximate surface area is 183 Å². The summed E-state index contributed by atoms with van der Waals surface area (Å²) in [7, 11) is 0. The van der Waals surface area contributed by atoms with Crippen molar-refractivity contribution in [3.8, 4) is 11.1 Å². The van der Waals surface area contributed by atoms with Crippen LogP contribution in [-0.2, 0) is 4.79 Å². The third-order valence-electron chi connectivity index (χ3n) is 5.85. The van der Waals surface area contributed by atoms with E-state index in [9.17, 15) is 14.3 Å². The van der Waals surface area contributed by atoms with E-state index in [1.54, 1.807) is 23.0 Å². The Bertz CT molecular complexity index is 1340. The van der Waals surface area contributed by atoms with Crippen molar-refractivity contribution in [1.29, 1.82) is 0 Å². The first-order valence-electron chi connectivity index (χ1n) is 10.7. The van der Waals surface area contributed by atoms with Crippen LogP contribution in [0.1, 0.15) is 43.5 Å². The molecule has 2 N–H and O–H groups in total. The molecule has 0 saturated heterocycles. The summed E-state index contributed by atoms with van der Waals surface area (Å²) in [5.41, 5.74) is 4.71. The summed E-state index contributed by atoms with van der Waals surface area (Å²) in [6.07, 6.45) is 5.02. The second kappa shape index (κ2) is 7.90. The number of amides is 1. The highest BCUT2D eigenvalue weighted by Gasteiger charge is 2.43. The number of nitrogens with one attached hydrogen (secondary N) is 1. The van der Waals surface area contributed by atoms with Gasteiger partial charge >= 0.3 is 0 Å². The zero-order valence-electron chi connectivity index (χ0n) is 17.8. The lowest BCUT2D eigenvalue weighted by molar-refractivity contribution is -0.117. The van der Waals surface area contributed by atoms with Gasteiger partial charge < -0.3 is 10.4 Å². The van der Waals surface area contributed by atoms with E-state index in [0.29, 0.717) is 23.6 Å². The topological polar surface area (TPSA) is 105 Å². The monoisotopic (exact) mass is 434 g/mol. The van der Waals surface area contributed by atoms with Crippen LogP contribution in [0.5, 0.6) is 0 Å². The van der Waals surface area contributed by atoms with Crippen molar-refractivity contribution < 1.29 is 14.3 Å². The quantitative estimate of drug-likeness (QED) is 0.479. The standard InChI is InChI=1S/C23H23FN6O2/c1-3-4-20(31)18-5-12(2)16(10-25-18)14-6-13-9-26-21(29-23(32)15-7-17(15)24)8-19(13)30-22(14)27-11-28-30/h5-6,8-11,15,17,20,31H,3-4,7H2,1-2H3,(H,26,29,32)/t15-,17+,20?/m0/s1. The summed E-state index contributed by atoms with van der Waals surface area (Å²) >= 11 is 0. The van der Waals surface area contributed by atoms with Gasteiger partial charge in [0, 0.05) is 35.0 Å². The molecule has 1 saturated carbocycles. The third kappa shape index (κ3) is 3.58. The van der Waals surface area contributed by atoms with Crippen molar-refractivity contribution in [2.24, 2.45) is 5.92 Å². The summed E-state index contributed by atoms with van der Waals surface area (Å²) in [6, 6.07) is 5.58. The van der Waals surface area contributed by atoms with Crippen molar-refractivity contribution in [2.75, 3.05) is 5.32 Å². The summed E-state index contributed by atoms with van der Waals surface area (Å²) in [4.78, 5) is 25.3. The van der Waals surface area contributed by atoms with E-state index in [2.05, 4.69) is 25.4 Å². The van der Waals surface area contributed by atoms with Crippen LogP contribution in [0.2, 0.25) is 0 Å². The molecule has 1 aliphatic carbocycles. The fourth-order valence-electron chi connectivity index (χ4n) is 3.96. The number of hydrogen-bond donors (Lipinski definition) is 2. The summed E-state index contributed by atoms with van der Waals surface area (Å²) in [5, 5.41) is 18.1. The first kappa shape index (κ1) is 20.4. The maximum atomic E-state index is 13.2. The highest BCUT2D eigenvalue weighted by Crippen LogP contribution is 2.35. The number of aliphatic hydroxyl groups excluding tert-OH is 1. The minimum Gasteiger partial charge on any atom is -0.387 e. The van der Waals surface area contributed by atoms with Gasteiger partial charge in [-0.2, -0.15) is 5.10 Å². The number of nitrogens with zero attached hydrogens (tertiary/aromatic N) is 5.